The van der Waals surface area contributed by atoms with Gasteiger partial charge < -0.3 is 9.88 Å². The van der Waals surface area contributed by atoms with E-state index in [4.69, 9.17) is 0 Å². The number of amides is 1. The van der Waals surface area contributed by atoms with Crippen LogP contribution in [0.2, 0.25) is 0 Å². The number of H-pyrrole nitrogens is 1. The van der Waals surface area contributed by atoms with E-state index in [0.717, 1.165) is 37.1 Å². The number of carbonyl (C=O) groups excluding carboxylic acids is 2. The highest BCUT2D eigenvalue weighted by Crippen LogP contribution is 2.35. The molecule has 2 heterocycles. The summed E-state index contributed by atoms with van der Waals surface area (Å²) in [6, 6.07) is 10.7. The second-order valence-corrected chi connectivity index (χ2v) is 7.31. The molecular formula is C22H28N2O2. The topological polar surface area (TPSA) is 53.2 Å². The van der Waals surface area contributed by atoms with E-state index in [-0.39, 0.29) is 17.7 Å². The Bertz CT molecular complexity index is 807. The van der Waals surface area contributed by atoms with Gasteiger partial charge in [-0.3, -0.25) is 9.59 Å². The van der Waals surface area contributed by atoms with Crippen molar-refractivity contribution in [1.82, 2.24) is 9.88 Å². The van der Waals surface area contributed by atoms with E-state index in [1.54, 1.807) is 6.92 Å². The van der Waals surface area contributed by atoms with Crippen molar-refractivity contribution in [3.8, 4) is 0 Å². The molecule has 1 N–H and O–H groups in total. The Kier molecular flexibility index (Phi) is 5.30. The number of aromatic amines is 1. The molecule has 1 aromatic carbocycles. The van der Waals surface area contributed by atoms with Gasteiger partial charge in [-0.1, -0.05) is 37.3 Å². The third-order valence-corrected chi connectivity index (χ3v) is 5.70. The van der Waals surface area contributed by atoms with Crippen LogP contribution in [0.15, 0.2) is 30.3 Å². The Morgan fingerprint density at radius 2 is 1.92 bits per heavy atom. The molecule has 4 heteroatoms. The molecule has 0 bridgehead atoms. The van der Waals surface area contributed by atoms with Crippen molar-refractivity contribution in [2.24, 2.45) is 0 Å². The Labute approximate surface area is 155 Å². The van der Waals surface area contributed by atoms with Crippen molar-refractivity contribution in [2.75, 3.05) is 6.54 Å². The smallest absolute Gasteiger partial charge is 0.270 e. The monoisotopic (exact) mass is 352 g/mol. The molecule has 1 saturated heterocycles. The summed E-state index contributed by atoms with van der Waals surface area (Å²) >= 11 is 0. The number of hydrogen-bond donors (Lipinski definition) is 1. The highest BCUT2D eigenvalue weighted by Gasteiger charge is 2.36. The van der Waals surface area contributed by atoms with Crippen molar-refractivity contribution in [2.45, 2.75) is 58.9 Å². The average molecular weight is 352 g/mol. The number of Topliss-reactive ketones (excluding diaryl/α,β-unsaturated/α-hetero) is 1. The number of aromatic nitrogens is 1. The summed E-state index contributed by atoms with van der Waals surface area (Å²) in [5, 5.41) is 0. The zero-order valence-electron chi connectivity index (χ0n) is 16.1. The zero-order valence-corrected chi connectivity index (χ0v) is 16.1. The quantitative estimate of drug-likeness (QED) is 0.798. The highest BCUT2D eigenvalue weighted by molar-refractivity contribution is 6.02. The van der Waals surface area contributed by atoms with Gasteiger partial charge in [-0.2, -0.15) is 0 Å². The molecule has 2 atom stereocenters. The lowest BCUT2D eigenvalue weighted by Crippen LogP contribution is -2.39. The minimum Gasteiger partial charge on any atom is -0.354 e. The SMILES string of the molecule is CC[C@@H](c1ccccc1)[C@H]1CCCN1C(=O)c1[nH]c(C)c(C(C)=O)c1C. The van der Waals surface area contributed by atoms with E-state index >= 15 is 0 Å². The van der Waals surface area contributed by atoms with Crippen LogP contribution in [0.5, 0.6) is 0 Å². The Hall–Kier alpha value is -2.36. The summed E-state index contributed by atoms with van der Waals surface area (Å²) < 4.78 is 0. The molecule has 0 saturated carbocycles. The number of benzene rings is 1. The maximum absolute atomic E-state index is 13.3. The summed E-state index contributed by atoms with van der Waals surface area (Å²) in [4.78, 5) is 30.4. The van der Waals surface area contributed by atoms with Crippen LogP contribution in [0.3, 0.4) is 0 Å². The lowest BCUT2D eigenvalue weighted by atomic mass is 9.87. The van der Waals surface area contributed by atoms with E-state index in [1.807, 2.05) is 24.8 Å². The Morgan fingerprint density at radius 1 is 1.23 bits per heavy atom. The molecule has 1 fully saturated rings. The molecule has 1 aliphatic rings. The van der Waals surface area contributed by atoms with Gasteiger partial charge in [-0.05, 0) is 51.2 Å². The molecule has 0 radical (unpaired) electrons. The van der Waals surface area contributed by atoms with Gasteiger partial charge in [0, 0.05) is 29.8 Å². The molecule has 2 aromatic rings. The third kappa shape index (κ3) is 3.20. The van der Waals surface area contributed by atoms with E-state index in [0.29, 0.717) is 17.2 Å². The van der Waals surface area contributed by atoms with E-state index in [2.05, 4.69) is 36.2 Å². The average Bonchev–Trinajstić information content (AvgIpc) is 3.20. The molecule has 26 heavy (non-hydrogen) atoms. The molecule has 3 rings (SSSR count). The normalized spacial score (nSPS) is 18.2. The van der Waals surface area contributed by atoms with Gasteiger partial charge in [-0.25, -0.2) is 0 Å². The van der Waals surface area contributed by atoms with Gasteiger partial charge >= 0.3 is 0 Å². The van der Waals surface area contributed by atoms with Crippen molar-refractivity contribution < 1.29 is 9.59 Å². The second-order valence-electron chi connectivity index (χ2n) is 7.31. The fourth-order valence-corrected chi connectivity index (χ4v) is 4.53. The van der Waals surface area contributed by atoms with Crippen LogP contribution in [0.4, 0.5) is 0 Å². The minimum atomic E-state index is 0.00370. The van der Waals surface area contributed by atoms with Crippen LogP contribution in [0, 0.1) is 13.8 Å². The first kappa shape index (κ1) is 18.4. The zero-order chi connectivity index (χ0) is 18.8. The number of carbonyl (C=O) groups is 2. The molecule has 0 aliphatic carbocycles. The minimum absolute atomic E-state index is 0.00370. The largest absolute Gasteiger partial charge is 0.354 e. The van der Waals surface area contributed by atoms with Crippen molar-refractivity contribution in [3.63, 3.8) is 0 Å². The first-order chi connectivity index (χ1) is 12.5. The van der Waals surface area contributed by atoms with E-state index < -0.39 is 0 Å². The second kappa shape index (κ2) is 7.48. The van der Waals surface area contributed by atoms with Gasteiger partial charge in [0.05, 0.1) is 0 Å². The number of aryl methyl sites for hydroxylation is 1. The number of hydrogen-bond acceptors (Lipinski definition) is 2. The Balaban J connectivity index is 1.92. The third-order valence-electron chi connectivity index (χ3n) is 5.70. The van der Waals surface area contributed by atoms with Crippen LogP contribution in [-0.2, 0) is 0 Å². The maximum Gasteiger partial charge on any atom is 0.270 e. The fourth-order valence-electron chi connectivity index (χ4n) is 4.53. The summed E-state index contributed by atoms with van der Waals surface area (Å²) in [5.41, 5.74) is 4.08. The van der Waals surface area contributed by atoms with Crippen LogP contribution in [0.25, 0.3) is 0 Å². The summed E-state index contributed by atoms with van der Waals surface area (Å²) in [7, 11) is 0. The molecule has 1 aromatic heterocycles. The number of nitrogens with zero attached hydrogens (tertiary/aromatic N) is 1. The van der Waals surface area contributed by atoms with Crippen LogP contribution in [-0.4, -0.2) is 34.2 Å². The van der Waals surface area contributed by atoms with E-state index in [9.17, 15) is 9.59 Å². The lowest BCUT2D eigenvalue weighted by molar-refractivity contribution is 0.0708. The molecule has 138 valence electrons. The summed E-state index contributed by atoms with van der Waals surface area (Å²) in [5.74, 6) is 0.366. The fraction of sp³-hybridized carbons (Fsp3) is 0.455. The predicted molar refractivity (Wildman–Crippen MR) is 104 cm³/mol. The molecule has 4 nitrogen and oxygen atoms in total. The van der Waals surface area contributed by atoms with Gasteiger partial charge in [0.1, 0.15) is 5.69 Å². The van der Waals surface area contributed by atoms with E-state index in [1.165, 1.54) is 5.56 Å². The number of nitrogens with one attached hydrogen (secondary N) is 1. The predicted octanol–water partition coefficient (Wildman–Crippen LogP) is 4.63. The highest BCUT2D eigenvalue weighted by atomic mass is 16.2. The van der Waals surface area contributed by atoms with Crippen LogP contribution in [0.1, 0.15) is 76.7 Å². The molecule has 0 unspecified atom stereocenters. The van der Waals surface area contributed by atoms with Crippen LogP contribution < -0.4 is 0 Å². The van der Waals surface area contributed by atoms with Gasteiger partial charge in [-0.15, -0.1) is 0 Å². The molecule has 0 spiro atoms. The number of likely N-dealkylation sites (tertiary alicyclic amines) is 1. The molecular weight excluding hydrogens is 324 g/mol. The van der Waals surface area contributed by atoms with Gasteiger partial charge in [0.25, 0.3) is 5.91 Å². The van der Waals surface area contributed by atoms with Crippen molar-refractivity contribution >= 4 is 11.7 Å². The van der Waals surface area contributed by atoms with Gasteiger partial charge in [0.15, 0.2) is 5.78 Å². The molecule has 1 aliphatic heterocycles. The first-order valence-electron chi connectivity index (χ1n) is 9.51. The van der Waals surface area contributed by atoms with Gasteiger partial charge in [0.2, 0.25) is 0 Å². The number of ketones is 1. The first-order valence-corrected chi connectivity index (χ1v) is 9.51. The lowest BCUT2D eigenvalue weighted by Gasteiger charge is -2.31. The van der Waals surface area contributed by atoms with Crippen LogP contribution >= 0.6 is 0 Å². The number of rotatable bonds is 5. The molecule has 1 amide bonds. The standard InChI is InChI=1S/C22H28N2O2/c1-5-18(17-10-7-6-8-11-17)19-12-9-13-24(19)22(26)21-14(2)20(16(4)25)15(3)23-21/h6-8,10-11,18-19,23H,5,9,12-13H2,1-4H3/t18-,19+/m0/s1. The summed E-state index contributed by atoms with van der Waals surface area (Å²) in [6.07, 6.45) is 3.05. The van der Waals surface area contributed by atoms with Crippen molar-refractivity contribution in [3.05, 3.63) is 58.4 Å². The summed E-state index contributed by atoms with van der Waals surface area (Å²) in [6.45, 7) is 8.25. The maximum atomic E-state index is 13.3. The Morgan fingerprint density at radius 3 is 2.50 bits per heavy atom. The van der Waals surface area contributed by atoms with Crippen molar-refractivity contribution in [1.29, 1.82) is 0 Å².